The summed E-state index contributed by atoms with van der Waals surface area (Å²) in [4.78, 5) is 13.0. The van der Waals surface area contributed by atoms with E-state index < -0.39 is 21.7 Å². The molecule has 25 heavy (non-hydrogen) atoms. The van der Waals surface area contributed by atoms with Crippen LogP contribution in [-0.4, -0.2) is 15.3 Å². The summed E-state index contributed by atoms with van der Waals surface area (Å²) in [7, 11) is -3.02. The third kappa shape index (κ3) is 2.44. The molecule has 0 radical (unpaired) electrons. The van der Waals surface area contributed by atoms with E-state index in [1.165, 1.54) is 0 Å². The maximum atomic E-state index is 13.9. The van der Waals surface area contributed by atoms with Crippen molar-refractivity contribution in [2.24, 2.45) is 4.36 Å². The Balaban J connectivity index is 2.02. The molecule has 3 aromatic rings. The summed E-state index contributed by atoms with van der Waals surface area (Å²) in [5, 5.41) is 9.68. The maximum Gasteiger partial charge on any atom is 0.333 e. The predicted molar refractivity (Wildman–Crippen MR) is 95.8 cm³/mol. The molecule has 0 aromatic heterocycles. The van der Waals surface area contributed by atoms with Gasteiger partial charge in [-0.25, -0.2) is 13.4 Å². The number of aliphatic carboxylic acids is 1. The minimum atomic E-state index is -3.02. The number of carbonyl (C=O) groups is 1. The molecule has 1 N–H and O–H groups in total. The number of fused-ring (bicyclic) bond motifs is 3. The van der Waals surface area contributed by atoms with E-state index in [1.54, 1.807) is 48.5 Å². The first kappa shape index (κ1) is 15.6. The Morgan fingerprint density at radius 2 is 1.28 bits per heavy atom. The normalized spacial score (nSPS) is 15.0. The Morgan fingerprint density at radius 1 is 0.800 bits per heavy atom. The highest BCUT2D eigenvalue weighted by atomic mass is 32.2. The molecule has 0 saturated heterocycles. The SMILES string of the molecule is O=C(O)C(N=S1(=O)c2ccccc2-c2ccccc21)c1ccccc1. The topological polar surface area (TPSA) is 66.7 Å². The summed E-state index contributed by atoms with van der Waals surface area (Å²) in [6, 6.07) is 22.2. The molecular formula is C20H15NO3S. The lowest BCUT2D eigenvalue weighted by atomic mass is 10.1. The first-order chi connectivity index (χ1) is 12.1. The van der Waals surface area contributed by atoms with Gasteiger partial charge in [-0.1, -0.05) is 66.7 Å². The Bertz CT molecular complexity index is 1030. The second-order valence-corrected chi connectivity index (χ2v) is 7.92. The summed E-state index contributed by atoms with van der Waals surface area (Å²) >= 11 is 0. The number of nitrogens with zero attached hydrogens (tertiary/aromatic N) is 1. The van der Waals surface area contributed by atoms with Gasteiger partial charge >= 0.3 is 5.97 Å². The lowest BCUT2D eigenvalue weighted by molar-refractivity contribution is -0.138. The van der Waals surface area contributed by atoms with E-state index in [-0.39, 0.29) is 0 Å². The van der Waals surface area contributed by atoms with E-state index in [0.717, 1.165) is 11.1 Å². The van der Waals surface area contributed by atoms with E-state index >= 15 is 0 Å². The van der Waals surface area contributed by atoms with Crippen molar-refractivity contribution in [1.29, 1.82) is 0 Å². The van der Waals surface area contributed by atoms with Crippen molar-refractivity contribution in [1.82, 2.24) is 0 Å². The molecule has 0 aliphatic carbocycles. The van der Waals surface area contributed by atoms with E-state index in [2.05, 4.69) is 4.36 Å². The molecule has 1 heterocycles. The zero-order chi connectivity index (χ0) is 17.4. The van der Waals surface area contributed by atoms with Gasteiger partial charge in [0.05, 0.1) is 9.79 Å². The Labute approximate surface area is 146 Å². The highest BCUT2D eigenvalue weighted by molar-refractivity contribution is 7.94. The minimum Gasteiger partial charge on any atom is -0.479 e. The van der Waals surface area contributed by atoms with Crippen LogP contribution in [0.3, 0.4) is 0 Å². The molecule has 4 nitrogen and oxygen atoms in total. The first-order valence-corrected chi connectivity index (χ1v) is 9.35. The third-order valence-electron chi connectivity index (χ3n) is 4.26. The second kappa shape index (κ2) is 5.86. The van der Waals surface area contributed by atoms with Crippen LogP contribution in [0.1, 0.15) is 11.6 Å². The first-order valence-electron chi connectivity index (χ1n) is 7.84. The van der Waals surface area contributed by atoms with Crippen LogP contribution in [0.4, 0.5) is 0 Å². The van der Waals surface area contributed by atoms with Gasteiger partial charge in [-0.15, -0.1) is 0 Å². The van der Waals surface area contributed by atoms with Crippen LogP contribution in [-0.2, 0) is 14.5 Å². The van der Waals surface area contributed by atoms with Gasteiger partial charge in [-0.05, 0) is 17.7 Å². The van der Waals surface area contributed by atoms with Crippen molar-refractivity contribution in [3.05, 3.63) is 84.4 Å². The Hall–Kier alpha value is -2.92. The fraction of sp³-hybridized carbons (Fsp3) is 0.0500. The average Bonchev–Trinajstić information content (AvgIpc) is 2.90. The molecule has 0 bridgehead atoms. The van der Waals surface area contributed by atoms with Crippen molar-refractivity contribution in [3.63, 3.8) is 0 Å². The lowest BCUT2D eigenvalue weighted by Gasteiger charge is -2.12. The van der Waals surface area contributed by atoms with Gasteiger partial charge in [0.25, 0.3) is 0 Å². The summed E-state index contributed by atoms with van der Waals surface area (Å²) in [6.07, 6.45) is 0. The number of carboxylic acid groups (broad SMARTS) is 1. The molecule has 124 valence electrons. The van der Waals surface area contributed by atoms with Gasteiger partial charge in [0.15, 0.2) is 6.04 Å². The lowest BCUT2D eigenvalue weighted by Crippen LogP contribution is -2.12. The van der Waals surface area contributed by atoms with Crippen LogP contribution >= 0.6 is 0 Å². The second-order valence-electron chi connectivity index (χ2n) is 5.78. The molecule has 0 saturated carbocycles. The summed E-state index contributed by atoms with van der Waals surface area (Å²) in [5.74, 6) is -1.12. The molecule has 4 rings (SSSR count). The highest BCUT2D eigenvalue weighted by Gasteiger charge is 2.33. The van der Waals surface area contributed by atoms with Crippen molar-refractivity contribution < 1.29 is 14.1 Å². The number of rotatable bonds is 3. The highest BCUT2D eigenvalue weighted by Crippen LogP contribution is 2.45. The fourth-order valence-electron chi connectivity index (χ4n) is 3.13. The minimum absolute atomic E-state index is 0.514. The van der Waals surface area contributed by atoms with Crippen LogP contribution in [0.2, 0.25) is 0 Å². The number of benzene rings is 3. The molecule has 3 aromatic carbocycles. The van der Waals surface area contributed by atoms with Crippen molar-refractivity contribution >= 4 is 15.7 Å². The third-order valence-corrected chi connectivity index (χ3v) is 6.68. The van der Waals surface area contributed by atoms with E-state index in [4.69, 9.17) is 0 Å². The van der Waals surface area contributed by atoms with Crippen molar-refractivity contribution in [2.75, 3.05) is 0 Å². The average molecular weight is 349 g/mol. The Kier molecular flexibility index (Phi) is 3.66. The van der Waals surface area contributed by atoms with Crippen LogP contribution in [0, 0.1) is 0 Å². The van der Waals surface area contributed by atoms with Crippen LogP contribution in [0.25, 0.3) is 11.1 Å². The van der Waals surface area contributed by atoms with Gasteiger partial charge < -0.3 is 5.11 Å². The molecular weight excluding hydrogens is 334 g/mol. The zero-order valence-corrected chi connectivity index (χ0v) is 14.0. The molecule has 0 amide bonds. The molecule has 5 heteroatoms. The van der Waals surface area contributed by atoms with Gasteiger partial charge in [-0.2, -0.15) is 0 Å². The van der Waals surface area contributed by atoms with E-state index in [9.17, 15) is 14.1 Å². The van der Waals surface area contributed by atoms with Crippen LogP contribution in [0.15, 0.2) is 93.0 Å². The van der Waals surface area contributed by atoms with Gasteiger partial charge in [0.2, 0.25) is 0 Å². The molecule has 1 atom stereocenters. The molecule has 0 spiro atoms. The quantitative estimate of drug-likeness (QED) is 0.597. The van der Waals surface area contributed by atoms with Crippen molar-refractivity contribution in [3.8, 4) is 11.1 Å². The monoisotopic (exact) mass is 349 g/mol. The maximum absolute atomic E-state index is 13.9. The van der Waals surface area contributed by atoms with Crippen LogP contribution < -0.4 is 0 Å². The largest absolute Gasteiger partial charge is 0.479 e. The summed E-state index contributed by atoms with van der Waals surface area (Å²) < 4.78 is 18.3. The van der Waals surface area contributed by atoms with E-state index in [0.29, 0.717) is 15.4 Å². The van der Waals surface area contributed by atoms with E-state index in [1.807, 2.05) is 30.3 Å². The Morgan fingerprint density at radius 3 is 1.80 bits per heavy atom. The number of carboxylic acids is 1. The zero-order valence-electron chi connectivity index (χ0n) is 13.2. The summed E-state index contributed by atoms with van der Waals surface area (Å²) in [6.45, 7) is 0. The molecule has 1 aliphatic heterocycles. The molecule has 1 unspecified atom stereocenters. The van der Waals surface area contributed by atoms with Gasteiger partial charge in [-0.3, -0.25) is 0 Å². The molecule has 1 aliphatic rings. The number of hydrogen-bond donors (Lipinski definition) is 1. The standard InChI is InChI=1S/C20H15NO3S/c22-20(23)19(14-8-2-1-3-9-14)21-25(24)17-12-6-4-10-15(17)16-11-5-7-13-18(16)25/h1-13,19H,(H,22,23). The smallest absolute Gasteiger partial charge is 0.333 e. The summed E-state index contributed by atoms with van der Waals surface area (Å²) in [5.41, 5.74) is 2.22. The fourth-order valence-corrected chi connectivity index (χ4v) is 5.58. The van der Waals surface area contributed by atoms with Gasteiger partial charge in [0.1, 0.15) is 9.73 Å². The van der Waals surface area contributed by atoms with Crippen LogP contribution in [0.5, 0.6) is 0 Å². The molecule has 0 fully saturated rings. The van der Waals surface area contributed by atoms with Gasteiger partial charge in [0, 0.05) is 11.1 Å². The number of hydrogen-bond acceptors (Lipinski definition) is 3. The predicted octanol–water partition coefficient (Wildman–Crippen LogP) is 4.38. The van der Waals surface area contributed by atoms with Crippen molar-refractivity contribution in [2.45, 2.75) is 15.8 Å².